The van der Waals surface area contributed by atoms with Crippen molar-refractivity contribution >= 4 is 0 Å². The van der Waals surface area contributed by atoms with Crippen molar-refractivity contribution in [2.24, 2.45) is 11.8 Å². The summed E-state index contributed by atoms with van der Waals surface area (Å²) in [4.78, 5) is 0. The van der Waals surface area contributed by atoms with Crippen molar-refractivity contribution in [1.82, 2.24) is 0 Å². The van der Waals surface area contributed by atoms with E-state index in [0.29, 0.717) is 0 Å². The molecule has 0 aromatic carbocycles. The molecule has 54 valence electrons. The molecule has 0 unspecified atom stereocenters. The first-order chi connectivity index (χ1) is 4.92. The minimum atomic E-state index is 0.947. The van der Waals surface area contributed by atoms with Crippen LogP contribution >= 0.6 is 0 Å². The minimum Gasteiger partial charge on any atom is -0.0991 e. The highest BCUT2D eigenvalue weighted by Gasteiger charge is 2.35. The standard InChI is InChI=1S/C10H14/c1-2-3-10-8-4-5-9(10)7-6-8/h2-3,8-9H,1,4-7H2. The fourth-order valence-corrected chi connectivity index (χ4v) is 2.50. The lowest BCUT2D eigenvalue weighted by atomic mass is 10.0. The summed E-state index contributed by atoms with van der Waals surface area (Å²) >= 11 is 0. The number of hydrogen-bond donors (Lipinski definition) is 0. The van der Waals surface area contributed by atoms with Crippen LogP contribution in [0.4, 0.5) is 0 Å². The molecule has 0 heterocycles. The number of allylic oxidation sites excluding steroid dienone is 3. The summed E-state index contributed by atoms with van der Waals surface area (Å²) in [6.07, 6.45) is 9.99. The van der Waals surface area contributed by atoms with E-state index in [0.717, 1.165) is 11.8 Å². The molecule has 0 N–H and O–H groups in total. The monoisotopic (exact) mass is 134 g/mol. The van der Waals surface area contributed by atoms with E-state index in [1.165, 1.54) is 25.7 Å². The summed E-state index contributed by atoms with van der Waals surface area (Å²) in [5, 5.41) is 0. The van der Waals surface area contributed by atoms with Crippen molar-refractivity contribution in [3.05, 3.63) is 24.3 Å². The van der Waals surface area contributed by atoms with Gasteiger partial charge < -0.3 is 0 Å². The first-order valence-electron chi connectivity index (χ1n) is 4.24. The molecule has 2 rings (SSSR count). The Labute approximate surface area is 62.6 Å². The van der Waals surface area contributed by atoms with Crippen molar-refractivity contribution in [3.8, 4) is 0 Å². The van der Waals surface area contributed by atoms with Gasteiger partial charge in [0.05, 0.1) is 0 Å². The molecule has 0 aromatic rings. The van der Waals surface area contributed by atoms with Crippen LogP contribution in [0.2, 0.25) is 0 Å². The molecule has 0 aromatic heterocycles. The normalized spacial score (nSPS) is 36.6. The molecule has 0 aliphatic heterocycles. The van der Waals surface area contributed by atoms with Gasteiger partial charge in [-0.15, -0.1) is 0 Å². The lowest BCUT2D eigenvalue weighted by Gasteiger charge is -2.04. The van der Waals surface area contributed by atoms with Crippen LogP contribution in [0.15, 0.2) is 24.3 Å². The molecular weight excluding hydrogens is 120 g/mol. The van der Waals surface area contributed by atoms with Crippen molar-refractivity contribution in [2.75, 3.05) is 0 Å². The first kappa shape index (κ1) is 6.21. The van der Waals surface area contributed by atoms with Crippen molar-refractivity contribution < 1.29 is 0 Å². The molecule has 2 saturated carbocycles. The Balaban J connectivity index is 2.23. The van der Waals surface area contributed by atoms with Gasteiger partial charge in [0.25, 0.3) is 0 Å². The van der Waals surface area contributed by atoms with Gasteiger partial charge in [-0.2, -0.15) is 0 Å². The van der Waals surface area contributed by atoms with E-state index in [-0.39, 0.29) is 0 Å². The zero-order valence-corrected chi connectivity index (χ0v) is 6.34. The van der Waals surface area contributed by atoms with Crippen LogP contribution in [0.3, 0.4) is 0 Å². The molecule has 0 heteroatoms. The summed E-state index contributed by atoms with van der Waals surface area (Å²) in [6, 6.07) is 0. The quantitative estimate of drug-likeness (QED) is 0.517. The van der Waals surface area contributed by atoms with Gasteiger partial charge in [-0.1, -0.05) is 24.3 Å². The summed E-state index contributed by atoms with van der Waals surface area (Å²) in [6.45, 7) is 3.74. The SMILES string of the molecule is C=CC=C1C2CCC1CC2. The van der Waals surface area contributed by atoms with Gasteiger partial charge in [-0.25, -0.2) is 0 Å². The zero-order valence-electron chi connectivity index (χ0n) is 6.34. The smallest absolute Gasteiger partial charge is 0.0197 e. The largest absolute Gasteiger partial charge is 0.0991 e. The van der Waals surface area contributed by atoms with E-state index < -0.39 is 0 Å². The van der Waals surface area contributed by atoms with Crippen LogP contribution in [0.25, 0.3) is 0 Å². The molecule has 0 amide bonds. The van der Waals surface area contributed by atoms with E-state index in [4.69, 9.17) is 0 Å². The topological polar surface area (TPSA) is 0 Å². The molecular formula is C10H14. The van der Waals surface area contributed by atoms with Crippen molar-refractivity contribution in [1.29, 1.82) is 0 Å². The maximum Gasteiger partial charge on any atom is -0.0197 e. The molecule has 0 radical (unpaired) electrons. The molecule has 2 bridgehead atoms. The average molecular weight is 134 g/mol. The third-order valence-electron chi connectivity index (χ3n) is 2.98. The van der Waals surface area contributed by atoms with Gasteiger partial charge >= 0.3 is 0 Å². The van der Waals surface area contributed by atoms with Crippen LogP contribution in [-0.2, 0) is 0 Å². The van der Waals surface area contributed by atoms with Crippen molar-refractivity contribution in [2.45, 2.75) is 25.7 Å². The molecule has 10 heavy (non-hydrogen) atoms. The van der Waals surface area contributed by atoms with Crippen LogP contribution < -0.4 is 0 Å². The van der Waals surface area contributed by atoms with E-state index in [1.54, 1.807) is 5.57 Å². The summed E-state index contributed by atoms with van der Waals surface area (Å²) in [5.41, 5.74) is 1.70. The highest BCUT2D eigenvalue weighted by molar-refractivity contribution is 5.23. The zero-order chi connectivity index (χ0) is 6.97. The second-order valence-corrected chi connectivity index (χ2v) is 3.45. The number of hydrogen-bond acceptors (Lipinski definition) is 0. The Hall–Kier alpha value is -0.520. The van der Waals surface area contributed by atoms with Crippen molar-refractivity contribution in [3.63, 3.8) is 0 Å². The molecule has 0 atom stereocenters. The maximum absolute atomic E-state index is 3.74. The first-order valence-corrected chi connectivity index (χ1v) is 4.24. The van der Waals surface area contributed by atoms with Gasteiger partial charge in [0.15, 0.2) is 0 Å². The lowest BCUT2D eigenvalue weighted by molar-refractivity contribution is 0.480. The number of fused-ring (bicyclic) bond motifs is 2. The highest BCUT2D eigenvalue weighted by Crippen LogP contribution is 2.48. The van der Waals surface area contributed by atoms with E-state index in [1.807, 2.05) is 6.08 Å². The number of rotatable bonds is 1. The Morgan fingerprint density at radius 2 is 1.60 bits per heavy atom. The second kappa shape index (κ2) is 2.26. The Kier molecular flexibility index (Phi) is 1.40. The molecule has 0 spiro atoms. The Morgan fingerprint density at radius 3 is 2.00 bits per heavy atom. The van der Waals surface area contributed by atoms with Crippen LogP contribution in [-0.4, -0.2) is 0 Å². The van der Waals surface area contributed by atoms with E-state index in [2.05, 4.69) is 12.7 Å². The molecule has 2 aliphatic carbocycles. The van der Waals surface area contributed by atoms with E-state index in [9.17, 15) is 0 Å². The van der Waals surface area contributed by atoms with Crippen LogP contribution in [0.5, 0.6) is 0 Å². The second-order valence-electron chi connectivity index (χ2n) is 3.45. The molecule has 2 fully saturated rings. The van der Waals surface area contributed by atoms with Gasteiger partial charge in [0.1, 0.15) is 0 Å². The maximum atomic E-state index is 3.74. The summed E-state index contributed by atoms with van der Waals surface area (Å²) < 4.78 is 0. The van der Waals surface area contributed by atoms with Gasteiger partial charge in [-0.05, 0) is 37.5 Å². The minimum absolute atomic E-state index is 0.947. The average Bonchev–Trinajstić information content (AvgIpc) is 2.50. The summed E-state index contributed by atoms with van der Waals surface area (Å²) in [7, 11) is 0. The van der Waals surface area contributed by atoms with Crippen LogP contribution in [0, 0.1) is 11.8 Å². The third kappa shape index (κ3) is 0.749. The van der Waals surface area contributed by atoms with Gasteiger partial charge in [0.2, 0.25) is 0 Å². The van der Waals surface area contributed by atoms with Crippen LogP contribution in [0.1, 0.15) is 25.7 Å². The third-order valence-corrected chi connectivity index (χ3v) is 2.98. The fraction of sp³-hybridized carbons (Fsp3) is 0.600. The predicted molar refractivity (Wildman–Crippen MR) is 43.7 cm³/mol. The molecule has 2 aliphatic rings. The molecule has 0 nitrogen and oxygen atoms in total. The predicted octanol–water partition coefficient (Wildman–Crippen LogP) is 2.92. The lowest BCUT2D eigenvalue weighted by Crippen LogP contribution is -1.90. The molecule has 0 saturated heterocycles. The fourth-order valence-electron chi connectivity index (χ4n) is 2.50. The highest BCUT2D eigenvalue weighted by atomic mass is 14.4. The van der Waals surface area contributed by atoms with Gasteiger partial charge in [-0.3, -0.25) is 0 Å². The van der Waals surface area contributed by atoms with E-state index >= 15 is 0 Å². The van der Waals surface area contributed by atoms with Gasteiger partial charge in [0, 0.05) is 0 Å². The Bertz CT molecular complexity index is 154. The Morgan fingerprint density at radius 1 is 1.10 bits per heavy atom. The summed E-state index contributed by atoms with van der Waals surface area (Å²) in [5.74, 6) is 1.89.